The number of halogens is 2. The predicted octanol–water partition coefficient (Wildman–Crippen LogP) is 4.28. The third-order valence-electron chi connectivity index (χ3n) is 5.00. The third kappa shape index (κ3) is 4.84. The lowest BCUT2D eigenvalue weighted by molar-refractivity contribution is 0.0643. The molecule has 26 heavy (non-hydrogen) atoms. The Morgan fingerprint density at radius 1 is 1.31 bits per heavy atom. The van der Waals surface area contributed by atoms with E-state index in [2.05, 4.69) is 31.9 Å². The summed E-state index contributed by atoms with van der Waals surface area (Å²) in [4.78, 5) is 21.5. The van der Waals surface area contributed by atoms with Gasteiger partial charge < -0.3 is 9.80 Å². The van der Waals surface area contributed by atoms with Crippen LogP contribution in [0.2, 0.25) is 5.02 Å². The highest BCUT2D eigenvalue weighted by Gasteiger charge is 2.26. The summed E-state index contributed by atoms with van der Waals surface area (Å²) in [7, 11) is 1.88. The van der Waals surface area contributed by atoms with E-state index in [4.69, 9.17) is 11.6 Å². The molecular weight excluding hydrogens is 414 g/mol. The summed E-state index contributed by atoms with van der Waals surface area (Å²) in [6, 6.07) is 11.7. The van der Waals surface area contributed by atoms with Gasteiger partial charge in [-0.3, -0.25) is 9.78 Å². The van der Waals surface area contributed by atoms with E-state index in [1.807, 2.05) is 36.3 Å². The molecule has 1 aliphatic rings. The molecule has 0 bridgehead atoms. The molecule has 0 N–H and O–H groups in total. The molecule has 0 radical (unpaired) electrons. The van der Waals surface area contributed by atoms with Gasteiger partial charge in [0.1, 0.15) is 0 Å². The minimum absolute atomic E-state index is 0.00515. The second kappa shape index (κ2) is 8.98. The molecule has 1 saturated heterocycles. The lowest BCUT2D eigenvalue weighted by atomic mass is 10.0. The zero-order valence-corrected chi connectivity index (χ0v) is 17.2. The van der Waals surface area contributed by atoms with E-state index in [0.29, 0.717) is 10.6 Å². The number of carbonyl (C=O) groups is 1. The molecule has 0 aliphatic carbocycles. The van der Waals surface area contributed by atoms with Crippen LogP contribution in [0.15, 0.2) is 47.1 Å². The van der Waals surface area contributed by atoms with Gasteiger partial charge in [-0.05, 0) is 43.2 Å². The Morgan fingerprint density at radius 2 is 2.08 bits per heavy atom. The van der Waals surface area contributed by atoms with E-state index in [1.165, 1.54) is 0 Å². The van der Waals surface area contributed by atoms with Crippen molar-refractivity contribution >= 4 is 33.4 Å². The number of pyridine rings is 1. The maximum absolute atomic E-state index is 12.8. The van der Waals surface area contributed by atoms with Crippen molar-refractivity contribution in [2.75, 3.05) is 26.7 Å². The van der Waals surface area contributed by atoms with Crippen molar-refractivity contribution in [3.63, 3.8) is 0 Å². The van der Waals surface area contributed by atoms with Gasteiger partial charge in [-0.1, -0.05) is 33.6 Å². The normalized spacial score (nSPS) is 15.8. The number of benzene rings is 1. The predicted molar refractivity (Wildman–Crippen MR) is 109 cm³/mol. The molecule has 2 heterocycles. The zero-order chi connectivity index (χ0) is 18.5. The first-order valence-electron chi connectivity index (χ1n) is 8.89. The third-order valence-corrected chi connectivity index (χ3v) is 5.80. The number of amides is 1. The molecule has 1 aromatic heterocycles. The number of hydrogen-bond donors (Lipinski definition) is 0. The minimum atomic E-state index is -0.00515. The maximum atomic E-state index is 12.8. The van der Waals surface area contributed by atoms with Crippen LogP contribution in [-0.4, -0.2) is 53.4 Å². The van der Waals surface area contributed by atoms with Crippen LogP contribution in [0.3, 0.4) is 0 Å². The van der Waals surface area contributed by atoms with Crippen LogP contribution in [0.4, 0.5) is 0 Å². The molecule has 1 amide bonds. The molecule has 0 unspecified atom stereocenters. The highest BCUT2D eigenvalue weighted by molar-refractivity contribution is 9.10. The Hall–Kier alpha value is -1.43. The Morgan fingerprint density at radius 3 is 2.73 bits per heavy atom. The van der Waals surface area contributed by atoms with Gasteiger partial charge in [0, 0.05) is 55.5 Å². The van der Waals surface area contributed by atoms with E-state index < -0.39 is 0 Å². The quantitative estimate of drug-likeness (QED) is 0.702. The summed E-state index contributed by atoms with van der Waals surface area (Å²) >= 11 is 9.62. The molecule has 1 aromatic carbocycles. The molecular formula is C20H23BrClN3O. The molecule has 1 aliphatic heterocycles. The highest BCUT2D eigenvalue weighted by Crippen LogP contribution is 2.24. The zero-order valence-electron chi connectivity index (χ0n) is 14.9. The molecule has 2 aromatic rings. The summed E-state index contributed by atoms with van der Waals surface area (Å²) in [5.74, 6) is -0.00515. The van der Waals surface area contributed by atoms with Crippen molar-refractivity contribution in [3.8, 4) is 0 Å². The summed E-state index contributed by atoms with van der Waals surface area (Å²) in [5.41, 5.74) is 1.70. The Bertz CT molecular complexity index is 748. The highest BCUT2D eigenvalue weighted by atomic mass is 79.9. The number of aromatic nitrogens is 1. The first-order valence-corrected chi connectivity index (χ1v) is 10.1. The molecule has 6 heteroatoms. The number of likely N-dealkylation sites (tertiary alicyclic amines) is 1. The summed E-state index contributed by atoms with van der Waals surface area (Å²) in [5, 5.41) is 0.490. The van der Waals surface area contributed by atoms with Crippen LogP contribution in [0.5, 0.6) is 0 Å². The van der Waals surface area contributed by atoms with Crippen molar-refractivity contribution in [3.05, 3.63) is 63.3 Å². The van der Waals surface area contributed by atoms with Crippen LogP contribution in [0, 0.1) is 0 Å². The first kappa shape index (κ1) is 19.3. The molecule has 0 atom stereocenters. The van der Waals surface area contributed by atoms with E-state index >= 15 is 0 Å². The smallest absolute Gasteiger partial charge is 0.255 e. The van der Waals surface area contributed by atoms with Crippen LogP contribution < -0.4 is 0 Å². The summed E-state index contributed by atoms with van der Waals surface area (Å²) in [6.07, 6.45) is 4.78. The van der Waals surface area contributed by atoms with Gasteiger partial charge in [0.15, 0.2) is 0 Å². The van der Waals surface area contributed by atoms with E-state index in [0.717, 1.165) is 49.1 Å². The van der Waals surface area contributed by atoms with Crippen molar-refractivity contribution in [1.82, 2.24) is 14.8 Å². The molecule has 1 fully saturated rings. The number of piperidine rings is 1. The number of nitrogens with zero attached hydrogens (tertiary/aromatic N) is 3. The van der Waals surface area contributed by atoms with Crippen molar-refractivity contribution in [1.29, 1.82) is 0 Å². The van der Waals surface area contributed by atoms with Crippen molar-refractivity contribution < 1.29 is 4.79 Å². The topological polar surface area (TPSA) is 36.4 Å². The van der Waals surface area contributed by atoms with Gasteiger partial charge in [-0.15, -0.1) is 0 Å². The van der Waals surface area contributed by atoms with Gasteiger partial charge >= 0.3 is 0 Å². The Labute approximate surface area is 168 Å². The molecule has 138 valence electrons. The van der Waals surface area contributed by atoms with Crippen LogP contribution in [0.25, 0.3) is 0 Å². The monoisotopic (exact) mass is 435 g/mol. The van der Waals surface area contributed by atoms with Crippen LogP contribution >= 0.6 is 27.5 Å². The average molecular weight is 437 g/mol. The van der Waals surface area contributed by atoms with Crippen molar-refractivity contribution in [2.45, 2.75) is 25.3 Å². The SMILES string of the molecule is CN(C(=O)c1ccc(Br)cc1Cl)C1CCN(CCc2ccccn2)CC1. The first-order chi connectivity index (χ1) is 12.5. The lowest BCUT2D eigenvalue weighted by Gasteiger charge is -2.36. The standard InChI is InChI=1S/C20H23BrClN3O/c1-24(20(26)18-6-5-15(21)14-19(18)22)17-8-12-25(13-9-17)11-7-16-4-2-3-10-23-16/h2-6,10,14,17H,7-9,11-13H2,1H3. The van der Waals surface area contributed by atoms with Gasteiger partial charge in [-0.2, -0.15) is 0 Å². The summed E-state index contributed by atoms with van der Waals surface area (Å²) in [6.45, 7) is 3.02. The van der Waals surface area contributed by atoms with E-state index in [1.54, 1.807) is 12.1 Å². The van der Waals surface area contributed by atoms with Gasteiger partial charge in [0.2, 0.25) is 0 Å². The number of carbonyl (C=O) groups excluding carboxylic acids is 1. The summed E-state index contributed by atoms with van der Waals surface area (Å²) < 4.78 is 0.878. The Kier molecular flexibility index (Phi) is 6.68. The second-order valence-electron chi connectivity index (χ2n) is 6.68. The fourth-order valence-electron chi connectivity index (χ4n) is 3.37. The second-order valence-corrected chi connectivity index (χ2v) is 8.01. The van der Waals surface area contributed by atoms with Crippen molar-refractivity contribution in [2.24, 2.45) is 0 Å². The molecule has 0 saturated carbocycles. The molecule has 4 nitrogen and oxygen atoms in total. The van der Waals surface area contributed by atoms with Crippen LogP contribution in [0.1, 0.15) is 28.9 Å². The number of hydrogen-bond acceptors (Lipinski definition) is 3. The Balaban J connectivity index is 1.51. The average Bonchev–Trinajstić information content (AvgIpc) is 2.66. The van der Waals surface area contributed by atoms with E-state index in [-0.39, 0.29) is 11.9 Å². The number of rotatable bonds is 5. The largest absolute Gasteiger partial charge is 0.339 e. The van der Waals surface area contributed by atoms with Crippen LogP contribution in [-0.2, 0) is 6.42 Å². The van der Waals surface area contributed by atoms with Gasteiger partial charge in [-0.25, -0.2) is 0 Å². The fraction of sp³-hybridized carbons (Fsp3) is 0.400. The lowest BCUT2D eigenvalue weighted by Crippen LogP contribution is -2.46. The molecule has 0 spiro atoms. The van der Waals surface area contributed by atoms with E-state index in [9.17, 15) is 4.79 Å². The maximum Gasteiger partial charge on any atom is 0.255 e. The van der Waals surface area contributed by atoms with Gasteiger partial charge in [0.25, 0.3) is 5.91 Å². The minimum Gasteiger partial charge on any atom is -0.339 e. The fourth-order valence-corrected chi connectivity index (χ4v) is 4.12. The molecule has 3 rings (SSSR count). The van der Waals surface area contributed by atoms with Gasteiger partial charge in [0.05, 0.1) is 10.6 Å².